The summed E-state index contributed by atoms with van der Waals surface area (Å²) in [6.07, 6.45) is 1.64. The van der Waals surface area contributed by atoms with Crippen molar-refractivity contribution in [3.05, 3.63) is 114 Å². The summed E-state index contributed by atoms with van der Waals surface area (Å²) in [5.41, 5.74) is 4.52. The Kier molecular flexibility index (Phi) is 8.44. The van der Waals surface area contributed by atoms with Crippen LogP contribution in [0.4, 0.5) is 16.2 Å². The normalized spacial score (nSPS) is 12.9. The maximum atomic E-state index is 12.8. The van der Waals surface area contributed by atoms with Crippen LogP contribution in [0.2, 0.25) is 0 Å². The van der Waals surface area contributed by atoms with Gasteiger partial charge in [-0.25, -0.2) is 9.78 Å². The third-order valence-corrected chi connectivity index (χ3v) is 6.39. The molecule has 0 spiro atoms. The molecule has 0 aliphatic heterocycles. The molecule has 0 aliphatic rings. The highest BCUT2D eigenvalue weighted by Crippen LogP contribution is 2.35. The number of amides is 2. The van der Waals surface area contributed by atoms with E-state index in [-0.39, 0.29) is 23.5 Å². The zero-order valence-corrected chi connectivity index (χ0v) is 22.7. The Bertz CT molecular complexity index is 1350. The average Bonchev–Trinajstić information content (AvgIpc) is 2.90. The molecule has 0 aliphatic carbocycles. The van der Waals surface area contributed by atoms with Crippen LogP contribution in [0.5, 0.6) is 11.6 Å². The van der Waals surface area contributed by atoms with E-state index < -0.39 is 0 Å². The second-order valence-corrected chi connectivity index (χ2v) is 10.4. The van der Waals surface area contributed by atoms with Gasteiger partial charge in [-0.05, 0) is 60.7 Å². The summed E-state index contributed by atoms with van der Waals surface area (Å²) in [7, 11) is 0. The number of benzene rings is 3. The van der Waals surface area contributed by atoms with Crippen molar-refractivity contribution in [3.8, 4) is 11.6 Å². The van der Waals surface area contributed by atoms with E-state index in [1.54, 1.807) is 18.3 Å². The number of aromatic nitrogens is 1. The number of nitrogens with one attached hydrogen (secondary N) is 3. The molecule has 2 amide bonds. The predicted octanol–water partition coefficient (Wildman–Crippen LogP) is 8.23. The Morgan fingerprint density at radius 1 is 0.763 bits per heavy atom. The first-order valence-corrected chi connectivity index (χ1v) is 12.9. The maximum Gasteiger partial charge on any atom is 0.323 e. The van der Waals surface area contributed by atoms with Crippen LogP contribution in [0, 0.1) is 0 Å². The van der Waals surface area contributed by atoms with Gasteiger partial charge in [-0.15, -0.1) is 0 Å². The standard InChI is InChI=1S/C32H36N4O2/c1-22(24-12-7-6-8-13-24)34-23(2)25-17-19-26(20-18-25)35-31(37)36-28-15-11-21-33-30(28)38-29-16-10-9-14-27(29)32(3,4)5/h6-23,34H,1-5H3,(H2,35,36,37)/t22-,23?/m1/s1. The second kappa shape index (κ2) is 11.9. The first-order valence-electron chi connectivity index (χ1n) is 12.9. The molecular weight excluding hydrogens is 472 g/mol. The van der Waals surface area contributed by atoms with Gasteiger partial charge in [-0.2, -0.15) is 0 Å². The smallest absolute Gasteiger partial charge is 0.323 e. The first-order chi connectivity index (χ1) is 18.2. The van der Waals surface area contributed by atoms with Crippen molar-refractivity contribution in [1.29, 1.82) is 0 Å². The summed E-state index contributed by atoms with van der Waals surface area (Å²) < 4.78 is 6.16. The fraction of sp³-hybridized carbons (Fsp3) is 0.250. The van der Waals surface area contributed by atoms with Crippen molar-refractivity contribution in [2.24, 2.45) is 0 Å². The van der Waals surface area contributed by atoms with E-state index in [0.717, 1.165) is 11.1 Å². The topological polar surface area (TPSA) is 75.3 Å². The molecule has 38 heavy (non-hydrogen) atoms. The zero-order valence-electron chi connectivity index (χ0n) is 22.7. The molecule has 0 radical (unpaired) electrons. The summed E-state index contributed by atoms with van der Waals surface area (Å²) >= 11 is 0. The lowest BCUT2D eigenvalue weighted by Gasteiger charge is -2.22. The van der Waals surface area contributed by atoms with Crippen LogP contribution in [-0.4, -0.2) is 11.0 Å². The fourth-order valence-corrected chi connectivity index (χ4v) is 4.30. The van der Waals surface area contributed by atoms with Gasteiger partial charge in [0, 0.05) is 29.5 Å². The maximum absolute atomic E-state index is 12.8. The third kappa shape index (κ3) is 6.99. The third-order valence-electron chi connectivity index (χ3n) is 6.39. The molecule has 4 aromatic rings. The lowest BCUT2D eigenvalue weighted by atomic mass is 9.86. The number of urea groups is 1. The van der Waals surface area contributed by atoms with E-state index in [2.05, 4.69) is 79.8 Å². The Morgan fingerprint density at radius 3 is 2.08 bits per heavy atom. The number of hydrogen-bond donors (Lipinski definition) is 3. The number of carbonyl (C=O) groups is 1. The minimum atomic E-state index is -0.372. The Hall–Kier alpha value is -4.16. The number of para-hydroxylation sites is 1. The van der Waals surface area contributed by atoms with Gasteiger partial charge in [0.25, 0.3) is 0 Å². The minimum absolute atomic E-state index is 0.102. The Morgan fingerprint density at radius 2 is 1.39 bits per heavy atom. The largest absolute Gasteiger partial charge is 0.437 e. The summed E-state index contributed by atoms with van der Waals surface area (Å²) in [5, 5.41) is 9.39. The molecule has 1 aromatic heterocycles. The van der Waals surface area contributed by atoms with Crippen LogP contribution in [0.3, 0.4) is 0 Å². The van der Waals surface area contributed by atoms with Gasteiger partial charge in [-0.3, -0.25) is 0 Å². The molecule has 0 bridgehead atoms. The average molecular weight is 509 g/mol. The Labute approximate surface area is 225 Å². The van der Waals surface area contributed by atoms with Crippen molar-refractivity contribution in [2.75, 3.05) is 10.6 Å². The van der Waals surface area contributed by atoms with Crippen molar-refractivity contribution in [2.45, 2.75) is 52.1 Å². The summed E-state index contributed by atoms with van der Waals surface area (Å²) in [6, 6.07) is 29.6. The van der Waals surface area contributed by atoms with E-state index in [9.17, 15) is 4.79 Å². The van der Waals surface area contributed by atoms with Crippen LogP contribution >= 0.6 is 0 Å². The van der Waals surface area contributed by atoms with Crippen molar-refractivity contribution in [3.63, 3.8) is 0 Å². The molecule has 2 atom stereocenters. The monoisotopic (exact) mass is 508 g/mol. The van der Waals surface area contributed by atoms with Crippen molar-refractivity contribution >= 4 is 17.4 Å². The SMILES string of the molecule is CC(N[C@H](C)c1ccccc1)c1ccc(NC(=O)Nc2cccnc2Oc2ccccc2C(C)(C)C)cc1. The Balaban J connectivity index is 1.39. The number of anilines is 2. The van der Waals surface area contributed by atoms with E-state index in [4.69, 9.17) is 4.74 Å². The fourth-order valence-electron chi connectivity index (χ4n) is 4.30. The van der Waals surface area contributed by atoms with Gasteiger partial charge in [0.15, 0.2) is 0 Å². The molecule has 3 aromatic carbocycles. The number of carbonyl (C=O) groups excluding carboxylic acids is 1. The summed E-state index contributed by atoms with van der Waals surface area (Å²) in [6.45, 7) is 10.7. The van der Waals surface area contributed by atoms with Crippen LogP contribution in [-0.2, 0) is 5.41 Å². The molecule has 4 rings (SSSR count). The molecule has 6 nitrogen and oxygen atoms in total. The molecule has 6 heteroatoms. The summed E-state index contributed by atoms with van der Waals surface area (Å²) in [5.74, 6) is 1.05. The number of rotatable bonds is 8. The molecule has 196 valence electrons. The number of hydrogen-bond acceptors (Lipinski definition) is 4. The molecule has 1 unspecified atom stereocenters. The van der Waals surface area contributed by atoms with E-state index >= 15 is 0 Å². The number of pyridine rings is 1. The lowest BCUT2D eigenvalue weighted by molar-refractivity contribution is 0.262. The number of ether oxygens (including phenoxy) is 1. The second-order valence-electron chi connectivity index (χ2n) is 10.4. The van der Waals surface area contributed by atoms with Crippen molar-refractivity contribution < 1.29 is 9.53 Å². The predicted molar refractivity (Wildman–Crippen MR) is 155 cm³/mol. The summed E-state index contributed by atoms with van der Waals surface area (Å²) in [4.78, 5) is 17.2. The van der Waals surface area contributed by atoms with Crippen LogP contribution in [0.25, 0.3) is 0 Å². The van der Waals surface area contributed by atoms with Gasteiger partial charge in [0.2, 0.25) is 5.88 Å². The first kappa shape index (κ1) is 26.9. The van der Waals surface area contributed by atoms with Gasteiger partial charge in [0.05, 0.1) is 0 Å². The van der Waals surface area contributed by atoms with E-state index in [0.29, 0.717) is 23.0 Å². The van der Waals surface area contributed by atoms with Gasteiger partial charge in [-0.1, -0.05) is 81.4 Å². The van der Waals surface area contributed by atoms with Crippen LogP contribution < -0.4 is 20.7 Å². The molecule has 1 heterocycles. The quantitative estimate of drug-likeness (QED) is 0.224. The van der Waals surface area contributed by atoms with Gasteiger partial charge < -0.3 is 20.7 Å². The molecule has 0 saturated heterocycles. The molecule has 3 N–H and O–H groups in total. The van der Waals surface area contributed by atoms with Gasteiger partial charge >= 0.3 is 6.03 Å². The van der Waals surface area contributed by atoms with Crippen molar-refractivity contribution in [1.82, 2.24) is 10.3 Å². The number of nitrogens with zero attached hydrogens (tertiary/aromatic N) is 1. The van der Waals surface area contributed by atoms with Crippen LogP contribution in [0.1, 0.15) is 63.4 Å². The highest BCUT2D eigenvalue weighted by atomic mass is 16.5. The molecule has 0 fully saturated rings. The van der Waals surface area contributed by atoms with E-state index in [1.807, 2.05) is 54.6 Å². The highest BCUT2D eigenvalue weighted by Gasteiger charge is 2.20. The zero-order chi connectivity index (χ0) is 27.1. The van der Waals surface area contributed by atoms with E-state index in [1.165, 1.54) is 5.56 Å². The molecular formula is C32H36N4O2. The molecule has 0 saturated carbocycles. The lowest BCUT2D eigenvalue weighted by Crippen LogP contribution is -2.22. The minimum Gasteiger partial charge on any atom is -0.437 e. The van der Waals surface area contributed by atoms with Crippen LogP contribution in [0.15, 0.2) is 97.2 Å². The van der Waals surface area contributed by atoms with Gasteiger partial charge in [0.1, 0.15) is 11.4 Å². The highest BCUT2D eigenvalue weighted by molar-refractivity contribution is 6.00.